The molecule has 0 bridgehead atoms. The van der Waals surface area contributed by atoms with Crippen LogP contribution in [0.4, 0.5) is 0 Å². The zero-order valence-electron chi connectivity index (χ0n) is 10.5. The van der Waals surface area contributed by atoms with Crippen LogP contribution in [0.2, 0.25) is 0 Å². The predicted octanol–water partition coefficient (Wildman–Crippen LogP) is -0.388. The van der Waals surface area contributed by atoms with Gasteiger partial charge in [-0.05, 0) is 12.1 Å². The molecule has 6 atom stereocenters. The second kappa shape index (κ2) is 4.30. The van der Waals surface area contributed by atoms with E-state index in [-0.39, 0.29) is 23.9 Å². The molecule has 0 spiro atoms. The molecule has 102 valence electrons. The Morgan fingerprint density at radius 1 is 1.00 bits per heavy atom. The lowest BCUT2D eigenvalue weighted by atomic mass is 9.84. The highest BCUT2D eigenvalue weighted by Crippen LogP contribution is 2.45. The van der Waals surface area contributed by atoms with Crippen LogP contribution in [0, 0.1) is 5.92 Å². The summed E-state index contributed by atoms with van der Waals surface area (Å²) < 4.78 is 0. The lowest BCUT2D eigenvalue weighted by Gasteiger charge is -2.30. The summed E-state index contributed by atoms with van der Waals surface area (Å²) in [5, 5.41) is 29.5. The smallest absolute Gasteiger partial charge is 0.254 e. The normalized spacial score (nSPS) is 40.7. The van der Waals surface area contributed by atoms with Crippen molar-refractivity contribution in [3.8, 4) is 0 Å². The van der Waals surface area contributed by atoms with Crippen molar-refractivity contribution in [2.45, 2.75) is 37.3 Å². The highest BCUT2D eigenvalue weighted by molar-refractivity contribution is 5.96. The first kappa shape index (κ1) is 12.6. The predicted molar refractivity (Wildman–Crippen MR) is 67.4 cm³/mol. The monoisotopic (exact) mass is 263 g/mol. The lowest BCUT2D eigenvalue weighted by molar-refractivity contribution is -0.0937. The average Bonchev–Trinajstić information content (AvgIpc) is 3.18. The molecule has 19 heavy (non-hydrogen) atoms. The molecule has 1 amide bonds. The second-order valence-electron chi connectivity index (χ2n) is 5.39. The van der Waals surface area contributed by atoms with E-state index >= 15 is 0 Å². The zero-order valence-corrected chi connectivity index (χ0v) is 10.5. The number of benzene rings is 1. The summed E-state index contributed by atoms with van der Waals surface area (Å²) in [6, 6.07) is 8.25. The van der Waals surface area contributed by atoms with Gasteiger partial charge in [0.05, 0.1) is 18.2 Å². The van der Waals surface area contributed by atoms with Crippen molar-refractivity contribution < 1.29 is 20.1 Å². The molecule has 1 saturated carbocycles. The maximum atomic E-state index is 12.3. The lowest BCUT2D eigenvalue weighted by Crippen LogP contribution is -2.50. The van der Waals surface area contributed by atoms with Gasteiger partial charge >= 0.3 is 0 Å². The van der Waals surface area contributed by atoms with Crippen molar-refractivity contribution in [3.05, 3.63) is 35.9 Å². The van der Waals surface area contributed by atoms with E-state index in [2.05, 4.69) is 0 Å². The van der Waals surface area contributed by atoms with Crippen LogP contribution >= 0.6 is 0 Å². The Balaban J connectivity index is 1.84. The van der Waals surface area contributed by atoms with E-state index in [4.69, 9.17) is 0 Å². The third-order valence-corrected chi connectivity index (χ3v) is 4.28. The number of hydrogen-bond donors (Lipinski definition) is 3. The summed E-state index contributed by atoms with van der Waals surface area (Å²) in [5.74, 6) is -0.404. The van der Waals surface area contributed by atoms with Crippen molar-refractivity contribution in [3.63, 3.8) is 0 Å². The number of rotatable bonds is 1. The van der Waals surface area contributed by atoms with Crippen LogP contribution in [-0.2, 0) is 0 Å². The highest BCUT2D eigenvalue weighted by atomic mass is 16.4. The standard InChI is InChI=1S/C14H17NO4/c1-7-9-10(12(17)13(18)11(7)16)15(9)14(19)8-5-3-2-4-6-8/h2-7,9-13,16-18H,1H3. The van der Waals surface area contributed by atoms with Crippen LogP contribution in [0.1, 0.15) is 17.3 Å². The third kappa shape index (κ3) is 1.77. The van der Waals surface area contributed by atoms with E-state index in [1.54, 1.807) is 36.1 Å². The summed E-state index contributed by atoms with van der Waals surface area (Å²) in [4.78, 5) is 13.9. The Morgan fingerprint density at radius 2 is 1.63 bits per heavy atom. The van der Waals surface area contributed by atoms with Crippen molar-refractivity contribution in [2.24, 2.45) is 5.92 Å². The summed E-state index contributed by atoms with van der Waals surface area (Å²) in [5.41, 5.74) is 0.556. The molecule has 5 heteroatoms. The minimum absolute atomic E-state index is 0.164. The largest absolute Gasteiger partial charge is 0.390 e. The molecule has 3 rings (SSSR count). The van der Waals surface area contributed by atoms with E-state index in [1.165, 1.54) is 0 Å². The molecule has 1 saturated heterocycles. The molecule has 3 N–H and O–H groups in total. The molecule has 2 aliphatic rings. The first-order valence-electron chi connectivity index (χ1n) is 6.46. The van der Waals surface area contributed by atoms with E-state index in [9.17, 15) is 20.1 Å². The van der Waals surface area contributed by atoms with E-state index in [1.807, 2.05) is 6.07 Å². The molecule has 6 unspecified atom stereocenters. The van der Waals surface area contributed by atoms with E-state index < -0.39 is 18.3 Å². The van der Waals surface area contributed by atoms with Crippen molar-refractivity contribution >= 4 is 5.91 Å². The fraction of sp³-hybridized carbons (Fsp3) is 0.500. The summed E-state index contributed by atoms with van der Waals surface area (Å²) in [6.45, 7) is 1.79. The molecule has 1 aliphatic heterocycles. The molecule has 5 nitrogen and oxygen atoms in total. The minimum Gasteiger partial charge on any atom is -0.390 e. The number of nitrogens with zero attached hydrogens (tertiary/aromatic N) is 1. The maximum Gasteiger partial charge on any atom is 0.254 e. The summed E-state index contributed by atoms with van der Waals surface area (Å²) in [7, 11) is 0. The molecular weight excluding hydrogens is 246 g/mol. The second-order valence-corrected chi connectivity index (χ2v) is 5.39. The van der Waals surface area contributed by atoms with Crippen molar-refractivity contribution in [1.82, 2.24) is 4.90 Å². The molecule has 2 fully saturated rings. The highest BCUT2D eigenvalue weighted by Gasteiger charge is 2.64. The number of carbonyl (C=O) groups is 1. The third-order valence-electron chi connectivity index (χ3n) is 4.28. The molecule has 1 aromatic carbocycles. The quantitative estimate of drug-likeness (QED) is 0.603. The SMILES string of the molecule is CC1C(O)C(O)C(O)C2C1N2C(=O)c1ccccc1. The number of hydrogen-bond acceptors (Lipinski definition) is 4. The first-order chi connectivity index (χ1) is 9.04. The van der Waals surface area contributed by atoms with Gasteiger partial charge in [0.15, 0.2) is 0 Å². The Morgan fingerprint density at radius 3 is 2.26 bits per heavy atom. The Labute approximate surface area is 111 Å². The van der Waals surface area contributed by atoms with Crippen molar-refractivity contribution in [1.29, 1.82) is 0 Å². The van der Waals surface area contributed by atoms with Crippen LogP contribution in [0.5, 0.6) is 0 Å². The molecule has 0 radical (unpaired) electrons. The molecule has 1 heterocycles. The van der Waals surface area contributed by atoms with Gasteiger partial charge < -0.3 is 20.2 Å². The van der Waals surface area contributed by atoms with Crippen LogP contribution in [-0.4, -0.2) is 56.5 Å². The van der Waals surface area contributed by atoms with Crippen LogP contribution < -0.4 is 0 Å². The fourth-order valence-electron chi connectivity index (χ4n) is 3.12. The molecule has 1 aromatic rings. The first-order valence-corrected chi connectivity index (χ1v) is 6.46. The number of aliphatic hydroxyl groups is 3. The number of aliphatic hydroxyl groups excluding tert-OH is 3. The number of carbonyl (C=O) groups excluding carboxylic acids is 1. The molecular formula is C14H17NO4. The Bertz CT molecular complexity index is 471. The number of likely N-dealkylation sites (tertiary alicyclic amines) is 1. The summed E-state index contributed by atoms with van der Waals surface area (Å²) in [6.07, 6.45) is -3.27. The Hall–Kier alpha value is -1.43. The van der Waals surface area contributed by atoms with Gasteiger partial charge in [-0.25, -0.2) is 0 Å². The van der Waals surface area contributed by atoms with Gasteiger partial charge in [0.2, 0.25) is 0 Å². The van der Waals surface area contributed by atoms with Crippen LogP contribution in [0.15, 0.2) is 30.3 Å². The maximum absolute atomic E-state index is 12.3. The van der Waals surface area contributed by atoms with Crippen LogP contribution in [0.3, 0.4) is 0 Å². The van der Waals surface area contributed by atoms with E-state index in [0.29, 0.717) is 5.56 Å². The topological polar surface area (TPSA) is 80.8 Å². The van der Waals surface area contributed by atoms with Gasteiger partial charge in [-0.3, -0.25) is 4.79 Å². The minimum atomic E-state index is -1.19. The zero-order chi connectivity index (χ0) is 13.7. The van der Waals surface area contributed by atoms with Crippen LogP contribution in [0.25, 0.3) is 0 Å². The van der Waals surface area contributed by atoms with Gasteiger partial charge in [-0.2, -0.15) is 0 Å². The average molecular weight is 263 g/mol. The van der Waals surface area contributed by atoms with Gasteiger partial charge in [0.25, 0.3) is 5.91 Å². The van der Waals surface area contributed by atoms with Gasteiger partial charge in [0, 0.05) is 11.5 Å². The number of amides is 1. The number of fused-ring (bicyclic) bond motifs is 1. The van der Waals surface area contributed by atoms with Gasteiger partial charge in [-0.15, -0.1) is 0 Å². The summed E-state index contributed by atoms with van der Waals surface area (Å²) >= 11 is 0. The van der Waals surface area contributed by atoms with E-state index in [0.717, 1.165) is 0 Å². The van der Waals surface area contributed by atoms with Gasteiger partial charge in [0.1, 0.15) is 12.2 Å². The van der Waals surface area contributed by atoms with Crippen molar-refractivity contribution in [2.75, 3.05) is 0 Å². The molecule has 1 aliphatic carbocycles. The molecule has 0 aromatic heterocycles. The fourth-order valence-corrected chi connectivity index (χ4v) is 3.12. The van der Waals surface area contributed by atoms with Gasteiger partial charge in [-0.1, -0.05) is 25.1 Å². The Kier molecular flexibility index (Phi) is 2.85.